The highest BCUT2D eigenvalue weighted by molar-refractivity contribution is 8.24. The van der Waals surface area contributed by atoms with E-state index in [0.29, 0.717) is 18.2 Å². The Labute approximate surface area is 240 Å². The molecular formula is C22H30Cl3N6O7P. The molecule has 0 aliphatic heterocycles. The molecule has 3 N–H and O–H groups in total. The van der Waals surface area contributed by atoms with Crippen LogP contribution in [0.4, 0.5) is 5.82 Å². The average molecular weight is 628 g/mol. The number of fused-ring (bicyclic) bond motifs is 1. The Morgan fingerprint density at radius 3 is 1.90 bits per heavy atom. The second-order valence-electron chi connectivity index (χ2n) is 6.57. The normalized spacial score (nSPS) is 9.82. The number of nitrogen functional groups attached to an aromatic ring is 1. The second kappa shape index (κ2) is 20.9. The number of halogens is 3. The van der Waals surface area contributed by atoms with Gasteiger partial charge in [-0.05, 0) is 78.8 Å². The van der Waals surface area contributed by atoms with Gasteiger partial charge in [0.2, 0.25) is 0 Å². The lowest BCUT2D eigenvalue weighted by Gasteiger charge is -2.00. The number of hydrogen-bond donors (Lipinski definition) is 2. The maximum atomic E-state index is 11.3. The number of nitrogens with zero attached hydrogens (tertiary/aromatic N) is 4. The van der Waals surface area contributed by atoms with Crippen molar-refractivity contribution in [2.45, 2.75) is 33.6 Å². The molecule has 0 spiro atoms. The first kappa shape index (κ1) is 36.0. The molecular weight excluding hydrogens is 598 g/mol. The monoisotopic (exact) mass is 626 g/mol. The Balaban J connectivity index is 0.000000532. The molecule has 17 heteroatoms. The van der Waals surface area contributed by atoms with Crippen molar-refractivity contribution in [3.63, 3.8) is 0 Å². The molecule has 0 aromatic carbocycles. The lowest BCUT2D eigenvalue weighted by Crippen LogP contribution is -2.13. The summed E-state index contributed by atoms with van der Waals surface area (Å²) >= 11 is 13.8. The summed E-state index contributed by atoms with van der Waals surface area (Å²) in [5.74, 6) is 4.97. The van der Waals surface area contributed by atoms with E-state index in [1.54, 1.807) is 37.4 Å². The number of anilines is 1. The van der Waals surface area contributed by atoms with Crippen LogP contribution in [0.3, 0.4) is 0 Å². The van der Waals surface area contributed by atoms with E-state index in [4.69, 9.17) is 10.6 Å². The summed E-state index contributed by atoms with van der Waals surface area (Å²) in [6, 6.07) is 11.1. The molecule has 3 rings (SSSR count). The lowest BCUT2D eigenvalue weighted by atomic mass is 10.4. The van der Waals surface area contributed by atoms with Gasteiger partial charge in [0.05, 0.1) is 19.8 Å². The number of aromatic nitrogens is 4. The highest BCUT2D eigenvalue weighted by Gasteiger charge is 2.11. The van der Waals surface area contributed by atoms with Crippen molar-refractivity contribution >= 4 is 68.3 Å². The summed E-state index contributed by atoms with van der Waals surface area (Å²) in [4.78, 5) is 36.3. The molecule has 216 valence electrons. The number of hydrazine groups is 1. The standard InChI is InChI=1S/C10H11N3O2.C7H12O4.C5H7N3.Cl3OP/c1-2-15-10(14)7-9-12-11-8-5-3-4-6-13(8)9;1-3-10-6(8)5-7(9)11-4-2;6-8-5-3-1-2-4-7-5;1-5(2,3)4/h3-6H,2,7H2,1H3;3-5H2,1-2H3;1-4H,6H2,(H,7,8);. The van der Waals surface area contributed by atoms with Gasteiger partial charge in [-0.3, -0.25) is 23.3 Å². The minimum Gasteiger partial charge on any atom is -0.466 e. The van der Waals surface area contributed by atoms with Gasteiger partial charge in [-0.25, -0.2) is 10.8 Å². The van der Waals surface area contributed by atoms with Gasteiger partial charge in [-0.1, -0.05) is 12.1 Å². The van der Waals surface area contributed by atoms with Crippen molar-refractivity contribution in [1.82, 2.24) is 19.6 Å². The number of rotatable bonds is 8. The molecule has 3 aromatic rings. The number of esters is 3. The van der Waals surface area contributed by atoms with Crippen LogP contribution in [0.5, 0.6) is 0 Å². The SMILES string of the molecule is CCOC(=O)CC(=O)OCC.CCOC(=O)Cc1nnc2ccccn12.NNc1ccccn1.O=P(Cl)(Cl)Cl. The summed E-state index contributed by atoms with van der Waals surface area (Å²) in [6.45, 7) is 6.11. The molecule has 0 saturated carbocycles. The molecule has 0 aliphatic carbocycles. The van der Waals surface area contributed by atoms with Crippen LogP contribution in [-0.2, 0) is 39.6 Å². The highest BCUT2D eigenvalue weighted by Crippen LogP contribution is 2.61. The Morgan fingerprint density at radius 1 is 0.897 bits per heavy atom. The highest BCUT2D eigenvalue weighted by atomic mass is 36.0. The molecule has 0 atom stereocenters. The zero-order valence-corrected chi connectivity index (χ0v) is 24.6. The van der Waals surface area contributed by atoms with Gasteiger partial charge in [0.25, 0.3) is 0 Å². The van der Waals surface area contributed by atoms with E-state index in [-0.39, 0.29) is 32.0 Å². The van der Waals surface area contributed by atoms with Crippen molar-refractivity contribution in [1.29, 1.82) is 0 Å². The number of carbonyl (C=O) groups excluding carboxylic acids is 3. The van der Waals surface area contributed by atoms with Crippen molar-refractivity contribution in [3.8, 4) is 0 Å². The number of hydrogen-bond acceptors (Lipinski definition) is 12. The van der Waals surface area contributed by atoms with Crippen molar-refractivity contribution < 1.29 is 33.2 Å². The molecule has 13 nitrogen and oxygen atoms in total. The minimum atomic E-state index is -3.22. The second-order valence-corrected chi connectivity index (χ2v) is 13.2. The molecule has 0 fully saturated rings. The van der Waals surface area contributed by atoms with E-state index < -0.39 is 17.1 Å². The Bertz CT molecular complexity index is 1160. The van der Waals surface area contributed by atoms with E-state index in [0.717, 1.165) is 5.65 Å². The van der Waals surface area contributed by atoms with Crippen LogP contribution in [0.25, 0.3) is 5.65 Å². The van der Waals surface area contributed by atoms with E-state index in [1.807, 2.05) is 36.5 Å². The van der Waals surface area contributed by atoms with Gasteiger partial charge in [0, 0.05) is 12.4 Å². The van der Waals surface area contributed by atoms with Crippen LogP contribution in [0.15, 0.2) is 48.8 Å². The Morgan fingerprint density at radius 2 is 1.44 bits per heavy atom. The number of pyridine rings is 2. The van der Waals surface area contributed by atoms with Crippen molar-refractivity contribution in [3.05, 3.63) is 54.6 Å². The molecule has 3 aromatic heterocycles. The first-order valence-electron chi connectivity index (χ1n) is 11.3. The molecule has 0 unspecified atom stereocenters. The van der Waals surface area contributed by atoms with Gasteiger partial charge >= 0.3 is 23.1 Å². The topological polar surface area (TPSA) is 177 Å². The first-order chi connectivity index (χ1) is 18.4. The van der Waals surface area contributed by atoms with Crippen LogP contribution in [0, 0.1) is 0 Å². The predicted molar refractivity (Wildman–Crippen MR) is 148 cm³/mol. The summed E-state index contributed by atoms with van der Waals surface area (Å²) in [5, 5.41) is 4.64. The molecule has 0 saturated heterocycles. The van der Waals surface area contributed by atoms with Gasteiger partial charge in [-0.2, -0.15) is 0 Å². The third-order valence-corrected chi connectivity index (χ3v) is 3.70. The van der Waals surface area contributed by atoms with E-state index in [9.17, 15) is 18.9 Å². The zero-order valence-electron chi connectivity index (χ0n) is 21.5. The van der Waals surface area contributed by atoms with Crippen LogP contribution in [0.1, 0.15) is 33.0 Å². The molecule has 0 radical (unpaired) electrons. The molecule has 0 bridgehead atoms. The number of nitrogens with two attached hydrogens (primary N) is 1. The third-order valence-electron chi connectivity index (χ3n) is 3.70. The van der Waals surface area contributed by atoms with E-state index in [2.05, 4.69) is 63.8 Å². The molecule has 0 aliphatic rings. The summed E-state index contributed by atoms with van der Waals surface area (Å²) in [7, 11) is 0. The van der Waals surface area contributed by atoms with Crippen molar-refractivity contribution in [2.24, 2.45) is 5.84 Å². The third kappa shape index (κ3) is 19.7. The Hall–Kier alpha value is -2.96. The van der Waals surface area contributed by atoms with Crippen molar-refractivity contribution in [2.75, 3.05) is 25.2 Å². The lowest BCUT2D eigenvalue weighted by molar-refractivity contribution is -0.154. The fraction of sp³-hybridized carbons (Fsp3) is 0.364. The predicted octanol–water partition coefficient (Wildman–Crippen LogP) is 4.52. The quantitative estimate of drug-likeness (QED) is 0.0893. The van der Waals surface area contributed by atoms with Gasteiger partial charge in [0.1, 0.15) is 24.5 Å². The molecule has 3 heterocycles. The maximum absolute atomic E-state index is 11.3. The van der Waals surface area contributed by atoms with Crippen LogP contribution >= 0.6 is 38.9 Å². The van der Waals surface area contributed by atoms with Gasteiger partial charge in [0.15, 0.2) is 5.65 Å². The fourth-order valence-electron chi connectivity index (χ4n) is 2.34. The smallest absolute Gasteiger partial charge is 0.339 e. The van der Waals surface area contributed by atoms with Crippen LogP contribution < -0.4 is 11.3 Å². The average Bonchev–Trinajstić information content (AvgIpc) is 3.27. The zero-order chi connectivity index (χ0) is 29.7. The van der Waals surface area contributed by atoms with E-state index >= 15 is 0 Å². The molecule has 39 heavy (non-hydrogen) atoms. The minimum absolute atomic E-state index is 0.152. The summed E-state index contributed by atoms with van der Waals surface area (Å²) in [6.07, 6.45) is 3.36. The first-order valence-corrected chi connectivity index (χ1v) is 15.7. The maximum Gasteiger partial charge on any atom is 0.339 e. The number of nitrogens with one attached hydrogen (secondary N) is 1. The van der Waals surface area contributed by atoms with Gasteiger partial charge < -0.3 is 19.6 Å². The Kier molecular flexibility index (Phi) is 19.3. The van der Waals surface area contributed by atoms with Crippen LogP contribution in [-0.4, -0.2) is 57.3 Å². The largest absolute Gasteiger partial charge is 0.466 e. The summed E-state index contributed by atoms with van der Waals surface area (Å²) in [5.41, 5.74) is 3.15. The summed E-state index contributed by atoms with van der Waals surface area (Å²) < 4.78 is 25.2. The van der Waals surface area contributed by atoms with E-state index in [1.165, 1.54) is 0 Å². The molecule has 0 amide bonds. The van der Waals surface area contributed by atoms with Gasteiger partial charge in [-0.15, -0.1) is 10.2 Å². The number of ether oxygens (including phenoxy) is 3. The fourth-order valence-corrected chi connectivity index (χ4v) is 2.34. The number of carbonyl (C=O) groups is 3. The van der Waals surface area contributed by atoms with Crippen LogP contribution in [0.2, 0.25) is 0 Å².